The molecule has 0 aliphatic rings. The fraction of sp³-hybridized carbons (Fsp3) is 0.417. The van der Waals surface area contributed by atoms with Crippen molar-refractivity contribution in [2.24, 2.45) is 0 Å². The molecule has 16 heavy (non-hydrogen) atoms. The van der Waals surface area contributed by atoms with E-state index in [4.69, 9.17) is 9.84 Å². The lowest BCUT2D eigenvalue weighted by atomic mass is 10.1. The highest BCUT2D eigenvalue weighted by Gasteiger charge is 2.04. The monoisotopic (exact) mass is 223 g/mol. The number of methoxy groups -OCH3 is 1. The summed E-state index contributed by atoms with van der Waals surface area (Å²) in [6.45, 7) is 2.04. The number of aryl methyl sites for hydroxylation is 1. The summed E-state index contributed by atoms with van der Waals surface area (Å²) in [6.07, 6.45) is 0.691. The average molecular weight is 223 g/mol. The molecule has 0 saturated carbocycles. The SMILES string of the molecule is COc1ccc(C)cc1CCNC(=O)CO. The molecule has 4 heteroatoms. The Bertz CT molecular complexity index is 363. The van der Waals surface area contributed by atoms with Crippen LogP contribution >= 0.6 is 0 Å². The molecule has 1 amide bonds. The molecule has 1 aromatic rings. The van der Waals surface area contributed by atoms with E-state index in [9.17, 15) is 4.79 Å². The molecule has 1 aromatic carbocycles. The number of benzene rings is 1. The molecule has 0 bridgehead atoms. The maximum Gasteiger partial charge on any atom is 0.245 e. The quantitative estimate of drug-likeness (QED) is 0.770. The van der Waals surface area contributed by atoms with E-state index in [0.29, 0.717) is 13.0 Å². The minimum Gasteiger partial charge on any atom is -0.496 e. The van der Waals surface area contributed by atoms with Crippen LogP contribution in [0.5, 0.6) is 5.75 Å². The number of hydrogen-bond donors (Lipinski definition) is 2. The molecule has 0 spiro atoms. The smallest absolute Gasteiger partial charge is 0.245 e. The highest BCUT2D eigenvalue weighted by Crippen LogP contribution is 2.19. The number of rotatable bonds is 5. The van der Waals surface area contributed by atoms with Crippen molar-refractivity contribution in [2.45, 2.75) is 13.3 Å². The number of nitrogens with one attached hydrogen (secondary N) is 1. The molecule has 4 nitrogen and oxygen atoms in total. The Morgan fingerprint density at radius 1 is 1.50 bits per heavy atom. The fourth-order valence-electron chi connectivity index (χ4n) is 1.50. The van der Waals surface area contributed by atoms with E-state index in [1.165, 1.54) is 0 Å². The van der Waals surface area contributed by atoms with Gasteiger partial charge in [-0.3, -0.25) is 4.79 Å². The molecule has 88 valence electrons. The Balaban J connectivity index is 2.58. The number of amides is 1. The zero-order valence-electron chi connectivity index (χ0n) is 9.62. The second kappa shape index (κ2) is 6.12. The summed E-state index contributed by atoms with van der Waals surface area (Å²) >= 11 is 0. The van der Waals surface area contributed by atoms with E-state index in [2.05, 4.69) is 5.32 Å². The summed E-state index contributed by atoms with van der Waals surface area (Å²) in [7, 11) is 1.63. The van der Waals surface area contributed by atoms with Crippen molar-refractivity contribution in [1.29, 1.82) is 0 Å². The van der Waals surface area contributed by atoms with Crippen molar-refractivity contribution in [3.05, 3.63) is 29.3 Å². The van der Waals surface area contributed by atoms with Gasteiger partial charge in [-0.25, -0.2) is 0 Å². The van der Waals surface area contributed by atoms with Crippen molar-refractivity contribution in [3.63, 3.8) is 0 Å². The van der Waals surface area contributed by atoms with Crippen molar-refractivity contribution in [2.75, 3.05) is 20.3 Å². The highest BCUT2D eigenvalue weighted by molar-refractivity contribution is 5.76. The van der Waals surface area contributed by atoms with Gasteiger partial charge in [-0.2, -0.15) is 0 Å². The second-order valence-electron chi connectivity index (χ2n) is 3.57. The second-order valence-corrected chi connectivity index (χ2v) is 3.57. The average Bonchev–Trinajstić information content (AvgIpc) is 2.29. The number of aliphatic hydroxyl groups is 1. The summed E-state index contributed by atoms with van der Waals surface area (Å²) in [5.41, 5.74) is 2.21. The van der Waals surface area contributed by atoms with Crippen molar-refractivity contribution < 1.29 is 14.6 Å². The summed E-state index contributed by atoms with van der Waals surface area (Å²) in [6, 6.07) is 5.93. The van der Waals surface area contributed by atoms with Crippen LogP contribution in [0.25, 0.3) is 0 Å². The first-order chi connectivity index (χ1) is 7.67. The van der Waals surface area contributed by atoms with Gasteiger partial charge >= 0.3 is 0 Å². The van der Waals surface area contributed by atoms with Gasteiger partial charge in [0.1, 0.15) is 12.4 Å². The van der Waals surface area contributed by atoms with Gasteiger partial charge < -0.3 is 15.2 Å². The minimum absolute atomic E-state index is 0.355. The molecule has 0 radical (unpaired) electrons. The fourth-order valence-corrected chi connectivity index (χ4v) is 1.50. The zero-order chi connectivity index (χ0) is 12.0. The molecule has 0 fully saturated rings. The van der Waals surface area contributed by atoms with E-state index in [1.807, 2.05) is 25.1 Å². The predicted molar refractivity (Wildman–Crippen MR) is 61.5 cm³/mol. The number of carbonyl (C=O) groups is 1. The molecule has 0 heterocycles. The van der Waals surface area contributed by atoms with Crippen LogP contribution in [0, 0.1) is 6.92 Å². The summed E-state index contributed by atoms with van der Waals surface area (Å²) < 4.78 is 5.22. The number of carbonyl (C=O) groups excluding carboxylic acids is 1. The van der Waals surface area contributed by atoms with Crippen LogP contribution in [-0.2, 0) is 11.2 Å². The van der Waals surface area contributed by atoms with Crippen LogP contribution in [0.4, 0.5) is 0 Å². The Kier molecular flexibility index (Phi) is 4.79. The Hall–Kier alpha value is -1.55. The lowest BCUT2D eigenvalue weighted by Crippen LogP contribution is -2.28. The zero-order valence-corrected chi connectivity index (χ0v) is 9.62. The first-order valence-electron chi connectivity index (χ1n) is 5.18. The number of hydrogen-bond acceptors (Lipinski definition) is 3. The van der Waals surface area contributed by atoms with Crippen LogP contribution in [0.1, 0.15) is 11.1 Å². The Labute approximate surface area is 95.2 Å². The van der Waals surface area contributed by atoms with Crippen LogP contribution in [0.15, 0.2) is 18.2 Å². The standard InChI is InChI=1S/C12H17NO3/c1-9-3-4-11(16-2)10(7-9)5-6-13-12(15)8-14/h3-4,7,14H,5-6,8H2,1-2H3,(H,13,15). The normalized spacial score (nSPS) is 9.94. The molecular formula is C12H17NO3. The molecule has 0 aromatic heterocycles. The topological polar surface area (TPSA) is 58.6 Å². The summed E-state index contributed by atoms with van der Waals surface area (Å²) in [5, 5.41) is 11.1. The molecule has 0 atom stereocenters. The van der Waals surface area contributed by atoms with E-state index >= 15 is 0 Å². The van der Waals surface area contributed by atoms with Crippen molar-refractivity contribution in [3.8, 4) is 5.75 Å². The van der Waals surface area contributed by atoms with Crippen molar-refractivity contribution >= 4 is 5.91 Å². The number of aliphatic hydroxyl groups excluding tert-OH is 1. The van der Waals surface area contributed by atoms with Gasteiger partial charge in [-0.05, 0) is 25.0 Å². The predicted octanol–water partition coefficient (Wildman–Crippen LogP) is 0.655. The van der Waals surface area contributed by atoms with Crippen LogP contribution in [0.2, 0.25) is 0 Å². The first kappa shape index (κ1) is 12.5. The Morgan fingerprint density at radius 2 is 2.25 bits per heavy atom. The maximum absolute atomic E-state index is 10.8. The minimum atomic E-state index is -0.467. The molecule has 0 aliphatic carbocycles. The van der Waals surface area contributed by atoms with E-state index in [-0.39, 0.29) is 5.91 Å². The van der Waals surface area contributed by atoms with Crippen molar-refractivity contribution in [1.82, 2.24) is 5.32 Å². The lowest BCUT2D eigenvalue weighted by molar-refractivity contribution is -0.123. The molecule has 0 saturated heterocycles. The van der Waals surface area contributed by atoms with Gasteiger partial charge in [-0.1, -0.05) is 17.7 Å². The third-order valence-corrected chi connectivity index (χ3v) is 2.30. The summed E-state index contributed by atoms with van der Waals surface area (Å²) in [4.78, 5) is 10.8. The van der Waals surface area contributed by atoms with Gasteiger partial charge in [0.2, 0.25) is 5.91 Å². The maximum atomic E-state index is 10.8. The Morgan fingerprint density at radius 3 is 2.88 bits per heavy atom. The van der Waals surface area contributed by atoms with Gasteiger partial charge in [0.15, 0.2) is 0 Å². The highest BCUT2D eigenvalue weighted by atomic mass is 16.5. The van der Waals surface area contributed by atoms with E-state index < -0.39 is 6.61 Å². The van der Waals surface area contributed by atoms with Crippen LogP contribution in [0.3, 0.4) is 0 Å². The lowest BCUT2D eigenvalue weighted by Gasteiger charge is -2.09. The molecule has 2 N–H and O–H groups in total. The first-order valence-corrected chi connectivity index (χ1v) is 5.18. The third-order valence-electron chi connectivity index (χ3n) is 2.30. The van der Waals surface area contributed by atoms with Gasteiger partial charge in [0.05, 0.1) is 7.11 Å². The largest absolute Gasteiger partial charge is 0.496 e. The molecule has 0 unspecified atom stereocenters. The van der Waals surface area contributed by atoms with Gasteiger partial charge in [0.25, 0.3) is 0 Å². The van der Waals surface area contributed by atoms with Gasteiger partial charge in [-0.15, -0.1) is 0 Å². The molecular weight excluding hydrogens is 206 g/mol. The number of ether oxygens (including phenoxy) is 1. The molecule has 0 aliphatic heterocycles. The van der Waals surface area contributed by atoms with Crippen LogP contribution in [-0.4, -0.2) is 31.3 Å². The van der Waals surface area contributed by atoms with E-state index in [1.54, 1.807) is 7.11 Å². The third kappa shape index (κ3) is 3.55. The van der Waals surface area contributed by atoms with Crippen LogP contribution < -0.4 is 10.1 Å². The van der Waals surface area contributed by atoms with Gasteiger partial charge in [0, 0.05) is 6.54 Å². The summed E-state index contributed by atoms with van der Waals surface area (Å²) in [5.74, 6) is 0.468. The van der Waals surface area contributed by atoms with E-state index in [0.717, 1.165) is 16.9 Å². The molecule has 1 rings (SSSR count).